The van der Waals surface area contributed by atoms with Crippen molar-refractivity contribution in [1.82, 2.24) is 30.4 Å². The van der Waals surface area contributed by atoms with E-state index < -0.39 is 17.0 Å². The molecule has 6 rings (SSSR count). The van der Waals surface area contributed by atoms with Gasteiger partial charge < -0.3 is 0 Å². The molecule has 160 valence electrons. The summed E-state index contributed by atoms with van der Waals surface area (Å²) in [5.41, 5.74) is 2.66. The Labute approximate surface area is 183 Å². The molecule has 32 heavy (non-hydrogen) atoms. The van der Waals surface area contributed by atoms with E-state index in [0.717, 1.165) is 35.5 Å². The van der Waals surface area contributed by atoms with E-state index >= 15 is 0 Å². The van der Waals surface area contributed by atoms with Gasteiger partial charge in [0.2, 0.25) is 0 Å². The van der Waals surface area contributed by atoms with Gasteiger partial charge in [-0.15, -0.1) is 5.10 Å². The highest BCUT2D eigenvalue weighted by Crippen LogP contribution is 2.69. The van der Waals surface area contributed by atoms with Crippen molar-refractivity contribution in [1.29, 1.82) is 0 Å². The Morgan fingerprint density at radius 2 is 1.81 bits per heavy atom. The fourth-order valence-electron chi connectivity index (χ4n) is 5.80. The summed E-state index contributed by atoms with van der Waals surface area (Å²) in [6.45, 7) is 4.39. The van der Waals surface area contributed by atoms with Crippen LogP contribution < -0.4 is 0 Å². The predicted molar refractivity (Wildman–Crippen MR) is 114 cm³/mol. The van der Waals surface area contributed by atoms with Crippen LogP contribution in [0.1, 0.15) is 49.7 Å². The van der Waals surface area contributed by atoms with Crippen molar-refractivity contribution in [2.75, 3.05) is 0 Å². The Bertz CT molecular complexity index is 1330. The van der Waals surface area contributed by atoms with Gasteiger partial charge >= 0.3 is 0 Å². The van der Waals surface area contributed by atoms with Crippen molar-refractivity contribution in [2.24, 2.45) is 5.41 Å². The van der Waals surface area contributed by atoms with Gasteiger partial charge in [-0.2, -0.15) is 10.2 Å². The fraction of sp³-hybridized carbons (Fsp3) is 0.292. The summed E-state index contributed by atoms with van der Waals surface area (Å²) in [7, 11) is 0. The van der Waals surface area contributed by atoms with Gasteiger partial charge in [-0.25, -0.2) is 18.7 Å². The molecule has 8 heteroatoms. The number of benzene rings is 1. The quantitative estimate of drug-likeness (QED) is 0.505. The summed E-state index contributed by atoms with van der Waals surface area (Å²) in [6, 6.07) is 9.33. The van der Waals surface area contributed by atoms with Crippen LogP contribution in [-0.2, 0) is 5.41 Å². The largest absolute Gasteiger partial charge is 0.276 e. The molecule has 3 heterocycles. The van der Waals surface area contributed by atoms with Gasteiger partial charge in [0.1, 0.15) is 17.5 Å². The molecule has 2 atom stereocenters. The number of H-pyrrole nitrogens is 1. The molecule has 0 unspecified atom stereocenters. The van der Waals surface area contributed by atoms with Gasteiger partial charge in [-0.3, -0.25) is 5.10 Å². The Morgan fingerprint density at radius 1 is 1.00 bits per heavy atom. The first-order valence-electron chi connectivity index (χ1n) is 10.6. The molecule has 2 aliphatic carbocycles. The molecule has 4 aromatic rings. The van der Waals surface area contributed by atoms with Crippen LogP contribution in [0.25, 0.3) is 22.6 Å². The Balaban J connectivity index is 1.54. The number of hydrogen-bond donors (Lipinski definition) is 1. The minimum atomic E-state index is -0.646. The standard InChI is InChI=1S/C24H20F2N6/c1-23(2)14-6-9-24(23,22-27-10-7-17(29-22)18-8-11-28-30-18)21-13(14)12-19(31-32-21)20-15(25)4-3-5-16(20)26/h3-5,7-8,10-12,14H,6,9H2,1-2H3,(H,28,30)/t14-,24+/m0/s1. The first kappa shape index (κ1) is 19.2. The molecule has 6 nitrogen and oxygen atoms in total. The van der Waals surface area contributed by atoms with E-state index in [2.05, 4.69) is 39.2 Å². The van der Waals surface area contributed by atoms with E-state index in [1.165, 1.54) is 18.2 Å². The Hall–Kier alpha value is -3.55. The Kier molecular flexibility index (Phi) is 3.88. The molecule has 1 N–H and O–H groups in total. The molecule has 0 aliphatic heterocycles. The van der Waals surface area contributed by atoms with Crippen molar-refractivity contribution in [3.8, 4) is 22.6 Å². The molecule has 1 fully saturated rings. The number of aromatic amines is 1. The number of halogens is 2. The van der Waals surface area contributed by atoms with Crippen LogP contribution in [0.4, 0.5) is 8.78 Å². The fourth-order valence-corrected chi connectivity index (χ4v) is 5.80. The van der Waals surface area contributed by atoms with Gasteiger partial charge in [0, 0.05) is 12.4 Å². The van der Waals surface area contributed by atoms with Gasteiger partial charge in [0.25, 0.3) is 0 Å². The minimum absolute atomic E-state index is 0.144. The van der Waals surface area contributed by atoms with Gasteiger partial charge in [0.05, 0.1) is 33.8 Å². The average Bonchev–Trinajstić information content (AvgIpc) is 3.45. The van der Waals surface area contributed by atoms with Crippen molar-refractivity contribution in [2.45, 2.75) is 38.0 Å². The monoisotopic (exact) mass is 430 g/mol. The van der Waals surface area contributed by atoms with E-state index in [-0.39, 0.29) is 22.6 Å². The van der Waals surface area contributed by atoms with Crippen LogP contribution in [-0.4, -0.2) is 30.4 Å². The second-order valence-corrected chi connectivity index (χ2v) is 9.08. The molecular formula is C24H20F2N6. The highest BCUT2D eigenvalue weighted by molar-refractivity contribution is 5.64. The molecule has 1 saturated carbocycles. The van der Waals surface area contributed by atoms with E-state index in [1.807, 2.05) is 12.1 Å². The van der Waals surface area contributed by atoms with Crippen LogP contribution in [0, 0.1) is 17.0 Å². The lowest BCUT2D eigenvalue weighted by Crippen LogP contribution is -2.38. The van der Waals surface area contributed by atoms with Crippen LogP contribution in [0.5, 0.6) is 0 Å². The predicted octanol–water partition coefficient (Wildman–Crippen LogP) is 4.81. The highest BCUT2D eigenvalue weighted by atomic mass is 19.1. The normalized spacial score (nSPS) is 22.8. The summed E-state index contributed by atoms with van der Waals surface area (Å²) < 4.78 is 28.8. The minimum Gasteiger partial charge on any atom is -0.276 e. The molecule has 2 bridgehead atoms. The van der Waals surface area contributed by atoms with E-state index in [9.17, 15) is 8.78 Å². The van der Waals surface area contributed by atoms with Crippen LogP contribution in [0.15, 0.2) is 48.8 Å². The number of fused-ring (bicyclic) bond motifs is 5. The Morgan fingerprint density at radius 3 is 2.56 bits per heavy atom. The first-order valence-corrected chi connectivity index (χ1v) is 10.6. The van der Waals surface area contributed by atoms with Crippen LogP contribution >= 0.6 is 0 Å². The van der Waals surface area contributed by atoms with Gasteiger partial charge in [0.15, 0.2) is 0 Å². The smallest absolute Gasteiger partial charge is 0.141 e. The maximum atomic E-state index is 14.4. The zero-order valence-corrected chi connectivity index (χ0v) is 17.6. The van der Waals surface area contributed by atoms with Crippen molar-refractivity contribution < 1.29 is 8.78 Å². The lowest BCUT2D eigenvalue weighted by molar-refractivity contribution is 0.237. The lowest BCUT2D eigenvalue weighted by Gasteiger charge is -2.36. The number of aromatic nitrogens is 6. The molecule has 1 aromatic carbocycles. The van der Waals surface area contributed by atoms with Crippen LogP contribution in [0.3, 0.4) is 0 Å². The van der Waals surface area contributed by atoms with E-state index in [4.69, 9.17) is 4.98 Å². The molecule has 0 amide bonds. The maximum absolute atomic E-state index is 14.4. The van der Waals surface area contributed by atoms with Gasteiger partial charge in [-0.1, -0.05) is 19.9 Å². The number of nitrogens with zero attached hydrogens (tertiary/aromatic N) is 5. The summed E-state index contributed by atoms with van der Waals surface area (Å²) in [5.74, 6) is -0.435. The summed E-state index contributed by atoms with van der Waals surface area (Å²) in [4.78, 5) is 9.57. The zero-order valence-electron chi connectivity index (χ0n) is 17.6. The third kappa shape index (κ3) is 2.35. The number of hydrogen-bond acceptors (Lipinski definition) is 5. The third-order valence-corrected chi connectivity index (χ3v) is 7.42. The topological polar surface area (TPSA) is 80.2 Å². The third-order valence-electron chi connectivity index (χ3n) is 7.42. The van der Waals surface area contributed by atoms with Crippen molar-refractivity contribution in [3.63, 3.8) is 0 Å². The van der Waals surface area contributed by atoms with Crippen LogP contribution in [0.2, 0.25) is 0 Å². The number of rotatable bonds is 3. The van der Waals surface area contributed by atoms with Crippen molar-refractivity contribution in [3.05, 3.63) is 77.5 Å². The second kappa shape index (κ2) is 6.48. The van der Waals surface area contributed by atoms with E-state index in [1.54, 1.807) is 18.5 Å². The molecule has 2 aliphatic rings. The lowest BCUT2D eigenvalue weighted by atomic mass is 9.67. The molecular weight excluding hydrogens is 410 g/mol. The number of nitrogens with one attached hydrogen (secondary N) is 1. The average molecular weight is 430 g/mol. The summed E-state index contributed by atoms with van der Waals surface area (Å²) >= 11 is 0. The highest BCUT2D eigenvalue weighted by Gasteiger charge is 2.65. The SMILES string of the molecule is CC1(C)[C@H]2CC[C@]1(c1nccc(-c3ccn[nH]3)n1)c1nnc(-c3c(F)cccc3F)cc12. The summed E-state index contributed by atoms with van der Waals surface area (Å²) in [6.07, 6.45) is 5.20. The second-order valence-electron chi connectivity index (χ2n) is 9.08. The summed E-state index contributed by atoms with van der Waals surface area (Å²) in [5, 5.41) is 15.8. The van der Waals surface area contributed by atoms with Gasteiger partial charge in [-0.05, 0) is 60.1 Å². The molecule has 0 spiro atoms. The molecule has 3 aromatic heterocycles. The van der Waals surface area contributed by atoms with Crippen molar-refractivity contribution >= 4 is 0 Å². The molecule has 0 saturated heterocycles. The maximum Gasteiger partial charge on any atom is 0.141 e. The first-order chi connectivity index (χ1) is 15.4. The zero-order chi connectivity index (χ0) is 22.1. The van der Waals surface area contributed by atoms with E-state index in [0.29, 0.717) is 5.82 Å². The molecule has 0 radical (unpaired) electrons.